The molecule has 1 aromatic rings. The molecule has 1 fully saturated rings. The van der Waals surface area contributed by atoms with E-state index in [9.17, 15) is 0 Å². The molecule has 4 N–H and O–H groups in total. The van der Waals surface area contributed by atoms with E-state index in [0.29, 0.717) is 0 Å². The Hall–Kier alpha value is -0.795. The quantitative estimate of drug-likeness (QED) is 0.614. The average molecular weight is 194 g/mol. The highest BCUT2D eigenvalue weighted by Gasteiger charge is 2.16. The third-order valence-electron chi connectivity index (χ3n) is 2.84. The first-order chi connectivity index (χ1) is 5.95. The summed E-state index contributed by atoms with van der Waals surface area (Å²) in [6.07, 6.45) is 5.82. The second kappa shape index (κ2) is 6.63. The fourth-order valence-electron chi connectivity index (χ4n) is 2.16. The van der Waals surface area contributed by atoms with Crippen LogP contribution in [0, 0.1) is 0 Å². The van der Waals surface area contributed by atoms with Crippen molar-refractivity contribution in [3.05, 3.63) is 30.3 Å². The minimum atomic E-state index is 0. The highest BCUT2D eigenvalue weighted by Crippen LogP contribution is 2.28. The Kier molecular flexibility index (Phi) is 6.25. The molecule has 0 aromatic heterocycles. The zero-order valence-corrected chi connectivity index (χ0v) is 8.50. The largest absolute Gasteiger partial charge is 0.412 e. The lowest BCUT2D eigenvalue weighted by atomic mass is 9.58. The van der Waals surface area contributed by atoms with Crippen LogP contribution in [-0.4, -0.2) is 18.2 Å². The predicted octanol–water partition coefficient (Wildman–Crippen LogP) is 0.461. The van der Waals surface area contributed by atoms with Crippen molar-refractivity contribution in [1.29, 1.82) is 0 Å². The number of benzene rings is 1. The molecule has 0 heterocycles. The van der Waals surface area contributed by atoms with Crippen molar-refractivity contribution in [2.75, 3.05) is 0 Å². The Morgan fingerprint density at radius 3 is 2.07 bits per heavy atom. The van der Waals surface area contributed by atoms with E-state index in [1.807, 2.05) is 0 Å². The van der Waals surface area contributed by atoms with E-state index in [-0.39, 0.29) is 11.0 Å². The SMILES string of the molecule is B(c1ccccc1)C1CCCC1.O.O. The molecule has 0 spiro atoms. The molecule has 1 aliphatic rings. The van der Waals surface area contributed by atoms with Gasteiger partial charge in [-0.15, -0.1) is 0 Å². The monoisotopic (exact) mass is 194 g/mol. The van der Waals surface area contributed by atoms with Gasteiger partial charge in [0.25, 0.3) is 0 Å². The van der Waals surface area contributed by atoms with Crippen molar-refractivity contribution in [3.63, 3.8) is 0 Å². The Labute approximate surface area is 86.2 Å². The summed E-state index contributed by atoms with van der Waals surface area (Å²) < 4.78 is 0. The molecule has 2 nitrogen and oxygen atoms in total. The summed E-state index contributed by atoms with van der Waals surface area (Å²) in [5.74, 6) is 0.979. The van der Waals surface area contributed by atoms with E-state index in [1.54, 1.807) is 0 Å². The van der Waals surface area contributed by atoms with Crippen LogP contribution < -0.4 is 5.46 Å². The molecule has 3 heteroatoms. The normalized spacial score (nSPS) is 15.4. The molecule has 1 saturated carbocycles. The van der Waals surface area contributed by atoms with Gasteiger partial charge in [-0.25, -0.2) is 0 Å². The first-order valence-corrected chi connectivity index (χ1v) is 4.99. The maximum absolute atomic E-state index is 2.25. The molecule has 0 atom stereocenters. The molecule has 2 rings (SSSR count). The smallest absolute Gasteiger partial charge is 0.160 e. The van der Waals surface area contributed by atoms with Gasteiger partial charge in [-0.05, 0) is 0 Å². The van der Waals surface area contributed by atoms with E-state index < -0.39 is 0 Å². The third-order valence-corrected chi connectivity index (χ3v) is 2.84. The standard InChI is InChI=1S/C11H15B.2H2O/c1-2-6-10(7-3-1)12-11-8-4-5-9-11;;/h1-3,6-7,11-12H,4-5,8-9H2;2*1H2. The highest BCUT2D eigenvalue weighted by atomic mass is 16.0. The van der Waals surface area contributed by atoms with E-state index in [4.69, 9.17) is 0 Å². The topological polar surface area (TPSA) is 63.0 Å². The molecule has 0 amide bonds. The van der Waals surface area contributed by atoms with Gasteiger partial charge in [-0.2, -0.15) is 0 Å². The van der Waals surface area contributed by atoms with Crippen molar-refractivity contribution in [2.45, 2.75) is 31.5 Å². The second-order valence-electron chi connectivity index (χ2n) is 3.84. The Morgan fingerprint density at radius 2 is 1.50 bits per heavy atom. The summed E-state index contributed by atoms with van der Waals surface area (Å²) in [5.41, 5.74) is 1.52. The first-order valence-electron chi connectivity index (χ1n) is 4.99. The van der Waals surface area contributed by atoms with Gasteiger partial charge in [0.1, 0.15) is 0 Å². The van der Waals surface area contributed by atoms with Gasteiger partial charge >= 0.3 is 0 Å². The summed E-state index contributed by atoms with van der Waals surface area (Å²) in [6, 6.07) is 10.9. The van der Waals surface area contributed by atoms with Crippen LogP contribution >= 0.6 is 0 Å². The van der Waals surface area contributed by atoms with Crippen LogP contribution in [0.2, 0.25) is 5.82 Å². The van der Waals surface area contributed by atoms with Crippen LogP contribution in [0.25, 0.3) is 0 Å². The summed E-state index contributed by atoms with van der Waals surface area (Å²) in [6.45, 7) is 0. The van der Waals surface area contributed by atoms with Crippen molar-refractivity contribution in [1.82, 2.24) is 0 Å². The third kappa shape index (κ3) is 3.52. The fourth-order valence-corrected chi connectivity index (χ4v) is 2.16. The second-order valence-corrected chi connectivity index (χ2v) is 3.84. The zero-order chi connectivity index (χ0) is 8.23. The minimum absolute atomic E-state index is 0. The van der Waals surface area contributed by atoms with E-state index in [0.717, 1.165) is 5.82 Å². The Balaban J connectivity index is 0.000000845. The lowest BCUT2D eigenvalue weighted by Gasteiger charge is -2.05. The van der Waals surface area contributed by atoms with Gasteiger partial charge in [-0.1, -0.05) is 67.3 Å². The lowest BCUT2D eigenvalue weighted by molar-refractivity contribution is 0.823. The van der Waals surface area contributed by atoms with Gasteiger partial charge in [0.2, 0.25) is 0 Å². The Morgan fingerprint density at radius 1 is 0.929 bits per heavy atom. The van der Waals surface area contributed by atoms with Gasteiger partial charge in [0, 0.05) is 0 Å². The first kappa shape index (κ1) is 13.2. The van der Waals surface area contributed by atoms with Crippen LogP contribution in [0.4, 0.5) is 0 Å². The van der Waals surface area contributed by atoms with Crippen LogP contribution in [0.3, 0.4) is 0 Å². The Bertz CT molecular complexity index is 232. The maximum Gasteiger partial charge on any atom is 0.160 e. The molecule has 0 saturated heterocycles. The summed E-state index contributed by atoms with van der Waals surface area (Å²) in [5, 5.41) is 0. The molecule has 14 heavy (non-hydrogen) atoms. The van der Waals surface area contributed by atoms with Crippen molar-refractivity contribution in [2.24, 2.45) is 0 Å². The molecular weight excluding hydrogens is 175 g/mol. The van der Waals surface area contributed by atoms with Crippen LogP contribution in [0.15, 0.2) is 30.3 Å². The lowest BCUT2D eigenvalue weighted by Crippen LogP contribution is -2.17. The average Bonchev–Trinajstić information content (AvgIpc) is 2.59. The maximum atomic E-state index is 2.25. The zero-order valence-electron chi connectivity index (χ0n) is 8.50. The molecule has 1 aromatic carbocycles. The number of hydrogen-bond donors (Lipinski definition) is 0. The summed E-state index contributed by atoms with van der Waals surface area (Å²) >= 11 is 0. The van der Waals surface area contributed by atoms with Crippen LogP contribution in [0.5, 0.6) is 0 Å². The van der Waals surface area contributed by atoms with Crippen LogP contribution in [-0.2, 0) is 0 Å². The molecule has 0 bridgehead atoms. The summed E-state index contributed by atoms with van der Waals surface area (Å²) in [7, 11) is 1.31. The molecule has 0 aliphatic heterocycles. The summed E-state index contributed by atoms with van der Waals surface area (Å²) in [4.78, 5) is 0. The number of hydrogen-bond acceptors (Lipinski definition) is 0. The van der Waals surface area contributed by atoms with E-state index in [2.05, 4.69) is 30.3 Å². The highest BCUT2D eigenvalue weighted by molar-refractivity contribution is 6.55. The molecule has 1 aliphatic carbocycles. The predicted molar refractivity (Wildman–Crippen MR) is 62.7 cm³/mol. The molecule has 0 unspecified atom stereocenters. The van der Waals surface area contributed by atoms with Gasteiger partial charge in [0.05, 0.1) is 0 Å². The number of rotatable bonds is 2. The molecule has 78 valence electrons. The molecule has 0 radical (unpaired) electrons. The molecular formula is C11H19BO2. The van der Waals surface area contributed by atoms with E-state index in [1.165, 1.54) is 38.4 Å². The van der Waals surface area contributed by atoms with Gasteiger partial charge < -0.3 is 11.0 Å². The van der Waals surface area contributed by atoms with Crippen molar-refractivity contribution in [3.8, 4) is 0 Å². The van der Waals surface area contributed by atoms with Gasteiger partial charge in [0.15, 0.2) is 7.28 Å². The fraction of sp³-hybridized carbons (Fsp3) is 0.455. The van der Waals surface area contributed by atoms with Crippen molar-refractivity contribution < 1.29 is 11.0 Å². The van der Waals surface area contributed by atoms with Crippen molar-refractivity contribution >= 4 is 12.7 Å². The van der Waals surface area contributed by atoms with Gasteiger partial charge in [-0.3, -0.25) is 0 Å². The van der Waals surface area contributed by atoms with E-state index >= 15 is 0 Å². The van der Waals surface area contributed by atoms with Crippen LogP contribution in [0.1, 0.15) is 25.7 Å². The minimum Gasteiger partial charge on any atom is -0.412 e.